The van der Waals surface area contributed by atoms with E-state index in [0.29, 0.717) is 6.42 Å². The third kappa shape index (κ3) is 1.36. The first-order chi connectivity index (χ1) is 5.07. The van der Waals surface area contributed by atoms with Gasteiger partial charge in [-0.05, 0) is 12.8 Å². The molecule has 4 heteroatoms. The molecule has 0 amide bonds. The maximum atomic E-state index is 10.7. The minimum atomic E-state index is -1.17. The van der Waals surface area contributed by atoms with Crippen LogP contribution in [-0.2, 0) is 4.79 Å². The minimum Gasteiger partial charge on any atom is -0.480 e. The Morgan fingerprint density at radius 3 is 2.55 bits per heavy atom. The number of rotatable bonds is 1. The maximum absolute atomic E-state index is 10.7. The molecule has 0 spiro atoms. The van der Waals surface area contributed by atoms with Gasteiger partial charge < -0.3 is 16.6 Å². The average Bonchev–Trinajstić information content (AvgIpc) is 1.95. The van der Waals surface area contributed by atoms with Crippen LogP contribution < -0.4 is 11.5 Å². The number of hydrogen-bond acceptors (Lipinski definition) is 3. The molecule has 0 heterocycles. The molecule has 1 fully saturated rings. The third-order valence-corrected chi connectivity index (χ3v) is 2.42. The summed E-state index contributed by atoms with van der Waals surface area (Å²) in [5.41, 5.74) is 10.1. The molecule has 0 unspecified atom stereocenters. The fraction of sp³-hybridized carbons (Fsp3) is 0.857. The molecule has 5 N–H and O–H groups in total. The normalized spacial score (nSPS) is 38.5. The second-order valence-corrected chi connectivity index (χ2v) is 3.20. The van der Waals surface area contributed by atoms with E-state index in [0.717, 1.165) is 19.3 Å². The second kappa shape index (κ2) is 2.79. The highest BCUT2D eigenvalue weighted by Gasteiger charge is 2.41. The summed E-state index contributed by atoms with van der Waals surface area (Å²) < 4.78 is 0. The van der Waals surface area contributed by atoms with Crippen molar-refractivity contribution in [3.05, 3.63) is 0 Å². The predicted octanol–water partition coefficient (Wildman–Crippen LogP) is -0.330. The van der Waals surface area contributed by atoms with Crippen LogP contribution >= 0.6 is 0 Å². The molecule has 0 aromatic carbocycles. The summed E-state index contributed by atoms with van der Waals surface area (Å²) in [6, 6.07) is -0.381. The summed E-state index contributed by atoms with van der Waals surface area (Å²) in [6.07, 6.45) is 3.09. The highest BCUT2D eigenvalue weighted by Crippen LogP contribution is 2.24. The molecule has 0 aromatic heterocycles. The van der Waals surface area contributed by atoms with E-state index in [2.05, 4.69) is 0 Å². The van der Waals surface area contributed by atoms with Crippen LogP contribution in [0.2, 0.25) is 0 Å². The Balaban J connectivity index is 2.72. The van der Waals surface area contributed by atoms with Gasteiger partial charge in [-0.1, -0.05) is 12.8 Å². The summed E-state index contributed by atoms with van der Waals surface area (Å²) >= 11 is 0. The van der Waals surface area contributed by atoms with Crippen molar-refractivity contribution < 1.29 is 9.90 Å². The maximum Gasteiger partial charge on any atom is 0.325 e. The van der Waals surface area contributed by atoms with E-state index in [1.165, 1.54) is 0 Å². The number of hydrogen-bond donors (Lipinski definition) is 3. The van der Waals surface area contributed by atoms with Crippen LogP contribution in [0.4, 0.5) is 0 Å². The molecule has 0 bridgehead atoms. The van der Waals surface area contributed by atoms with Gasteiger partial charge in [0.25, 0.3) is 0 Å². The molecule has 0 aliphatic heterocycles. The monoisotopic (exact) mass is 158 g/mol. The van der Waals surface area contributed by atoms with Gasteiger partial charge in [0.1, 0.15) is 5.54 Å². The molecule has 1 rings (SSSR count). The van der Waals surface area contributed by atoms with E-state index in [1.54, 1.807) is 0 Å². The quantitative estimate of drug-likeness (QED) is 0.487. The lowest BCUT2D eigenvalue weighted by atomic mass is 9.79. The lowest BCUT2D eigenvalue weighted by molar-refractivity contribution is -0.145. The molecule has 1 aliphatic rings. The van der Waals surface area contributed by atoms with Gasteiger partial charge in [0.15, 0.2) is 0 Å². The van der Waals surface area contributed by atoms with Crippen LogP contribution in [0.1, 0.15) is 25.7 Å². The first-order valence-corrected chi connectivity index (χ1v) is 3.85. The average molecular weight is 158 g/mol. The Morgan fingerprint density at radius 2 is 2.18 bits per heavy atom. The van der Waals surface area contributed by atoms with Crippen molar-refractivity contribution in [1.29, 1.82) is 0 Å². The number of carboxylic acid groups (broad SMARTS) is 1. The molecule has 64 valence electrons. The standard InChI is InChI=1S/C7H14N2O2/c8-5-3-1-2-4-7(5,9)6(10)11/h5H,1-4,8-9H2,(H,10,11)/t5-,7+/m0/s1. The molecule has 1 aliphatic carbocycles. The molecular formula is C7H14N2O2. The molecule has 2 atom stereocenters. The summed E-state index contributed by atoms with van der Waals surface area (Å²) in [5, 5.41) is 8.76. The lowest BCUT2D eigenvalue weighted by Crippen LogP contribution is -2.62. The Kier molecular flexibility index (Phi) is 2.15. The van der Waals surface area contributed by atoms with Crippen molar-refractivity contribution in [1.82, 2.24) is 0 Å². The van der Waals surface area contributed by atoms with Gasteiger partial charge in [0.2, 0.25) is 0 Å². The number of aliphatic carboxylic acids is 1. The fourth-order valence-corrected chi connectivity index (χ4v) is 1.49. The Morgan fingerprint density at radius 1 is 1.55 bits per heavy atom. The largest absolute Gasteiger partial charge is 0.480 e. The zero-order chi connectivity index (χ0) is 8.48. The van der Waals surface area contributed by atoms with E-state index in [-0.39, 0.29) is 6.04 Å². The van der Waals surface area contributed by atoms with Gasteiger partial charge in [-0.3, -0.25) is 4.79 Å². The van der Waals surface area contributed by atoms with Crippen molar-refractivity contribution in [3.8, 4) is 0 Å². The van der Waals surface area contributed by atoms with Crippen LogP contribution in [0, 0.1) is 0 Å². The number of carbonyl (C=O) groups is 1. The Bertz CT molecular complexity index is 172. The van der Waals surface area contributed by atoms with Gasteiger partial charge >= 0.3 is 5.97 Å². The van der Waals surface area contributed by atoms with E-state index in [4.69, 9.17) is 16.6 Å². The second-order valence-electron chi connectivity index (χ2n) is 3.20. The van der Waals surface area contributed by atoms with E-state index in [1.807, 2.05) is 0 Å². The van der Waals surface area contributed by atoms with Gasteiger partial charge in [-0.25, -0.2) is 0 Å². The lowest BCUT2D eigenvalue weighted by Gasteiger charge is -2.34. The van der Waals surface area contributed by atoms with Gasteiger partial charge in [-0.15, -0.1) is 0 Å². The Labute approximate surface area is 65.6 Å². The smallest absolute Gasteiger partial charge is 0.325 e. The third-order valence-electron chi connectivity index (χ3n) is 2.42. The van der Waals surface area contributed by atoms with E-state index >= 15 is 0 Å². The molecule has 0 saturated heterocycles. The number of nitrogens with two attached hydrogens (primary N) is 2. The minimum absolute atomic E-state index is 0.381. The molecule has 0 aromatic rings. The first kappa shape index (κ1) is 8.49. The summed E-state index contributed by atoms with van der Waals surface area (Å²) in [7, 11) is 0. The van der Waals surface area contributed by atoms with Crippen LogP contribution in [0.15, 0.2) is 0 Å². The first-order valence-electron chi connectivity index (χ1n) is 3.85. The summed E-state index contributed by atoms with van der Waals surface area (Å²) in [5.74, 6) is -0.968. The summed E-state index contributed by atoms with van der Waals surface area (Å²) in [4.78, 5) is 10.7. The topological polar surface area (TPSA) is 89.3 Å². The van der Waals surface area contributed by atoms with Crippen LogP contribution in [0.25, 0.3) is 0 Å². The van der Waals surface area contributed by atoms with Crippen LogP contribution in [-0.4, -0.2) is 22.7 Å². The highest BCUT2D eigenvalue weighted by atomic mass is 16.4. The zero-order valence-corrected chi connectivity index (χ0v) is 6.42. The van der Waals surface area contributed by atoms with Gasteiger partial charge in [0.05, 0.1) is 0 Å². The molecule has 0 radical (unpaired) electrons. The van der Waals surface area contributed by atoms with Gasteiger partial charge in [0, 0.05) is 6.04 Å². The Hall–Kier alpha value is -0.610. The zero-order valence-electron chi connectivity index (χ0n) is 6.42. The highest BCUT2D eigenvalue weighted by molar-refractivity contribution is 5.79. The molecule has 1 saturated carbocycles. The van der Waals surface area contributed by atoms with E-state index < -0.39 is 11.5 Å². The van der Waals surface area contributed by atoms with Crippen molar-refractivity contribution in [2.24, 2.45) is 11.5 Å². The molecular weight excluding hydrogens is 144 g/mol. The SMILES string of the molecule is N[C@H]1CCCC[C@]1(N)C(=O)O. The molecule has 11 heavy (non-hydrogen) atoms. The summed E-state index contributed by atoms with van der Waals surface area (Å²) in [6.45, 7) is 0. The van der Waals surface area contributed by atoms with Crippen molar-refractivity contribution in [2.45, 2.75) is 37.3 Å². The fourth-order valence-electron chi connectivity index (χ4n) is 1.49. The van der Waals surface area contributed by atoms with Crippen molar-refractivity contribution >= 4 is 5.97 Å². The van der Waals surface area contributed by atoms with Crippen LogP contribution in [0.5, 0.6) is 0 Å². The van der Waals surface area contributed by atoms with Crippen molar-refractivity contribution in [3.63, 3.8) is 0 Å². The molecule has 4 nitrogen and oxygen atoms in total. The van der Waals surface area contributed by atoms with E-state index in [9.17, 15) is 4.79 Å². The number of carboxylic acids is 1. The van der Waals surface area contributed by atoms with Gasteiger partial charge in [-0.2, -0.15) is 0 Å². The van der Waals surface area contributed by atoms with Crippen molar-refractivity contribution in [2.75, 3.05) is 0 Å². The predicted molar refractivity (Wildman–Crippen MR) is 41.0 cm³/mol. The van der Waals surface area contributed by atoms with Crippen LogP contribution in [0.3, 0.4) is 0 Å².